The van der Waals surface area contributed by atoms with Crippen molar-refractivity contribution in [3.63, 3.8) is 0 Å². The van der Waals surface area contributed by atoms with E-state index in [1.165, 1.54) is 0 Å². The Hall–Kier alpha value is -2.37. The molecule has 0 spiro atoms. The van der Waals surface area contributed by atoms with Gasteiger partial charge in [0.1, 0.15) is 0 Å². The van der Waals surface area contributed by atoms with Crippen molar-refractivity contribution in [1.29, 1.82) is 0 Å². The molecule has 0 aliphatic carbocycles. The van der Waals surface area contributed by atoms with E-state index in [1.54, 1.807) is 44.2 Å². The van der Waals surface area contributed by atoms with Gasteiger partial charge in [-0.25, -0.2) is 9.80 Å². The van der Waals surface area contributed by atoms with Gasteiger partial charge in [-0.05, 0) is 26.0 Å². The molecule has 0 fully saturated rings. The molecule has 1 N–H and O–H groups in total. The molecule has 0 saturated heterocycles. The highest BCUT2D eigenvalue weighted by Gasteiger charge is 2.23. The number of hydrogen-bond donors (Lipinski definition) is 1. The summed E-state index contributed by atoms with van der Waals surface area (Å²) in [6.45, 7) is 3.51. The van der Waals surface area contributed by atoms with Crippen LogP contribution in [0.15, 0.2) is 30.3 Å². The maximum atomic E-state index is 11.8. The van der Waals surface area contributed by atoms with Gasteiger partial charge in [0.25, 0.3) is 5.91 Å². The first-order chi connectivity index (χ1) is 9.10. The molecule has 6 nitrogen and oxygen atoms in total. The summed E-state index contributed by atoms with van der Waals surface area (Å²) in [5, 5.41) is 0.924. The lowest BCUT2D eigenvalue weighted by molar-refractivity contribution is -0.160. The van der Waals surface area contributed by atoms with Gasteiger partial charge in [0.2, 0.25) is 0 Å². The van der Waals surface area contributed by atoms with Crippen LogP contribution in [0.4, 0.5) is 0 Å². The van der Waals surface area contributed by atoms with Crippen LogP contribution >= 0.6 is 0 Å². The molecule has 6 heteroatoms. The molecule has 102 valence electrons. The molecule has 0 aliphatic rings. The van der Waals surface area contributed by atoms with Crippen molar-refractivity contribution in [3.05, 3.63) is 35.9 Å². The number of nitrogens with zero attached hydrogens (tertiary/aromatic N) is 1. The standard InChI is InChI=1S/C13H16N2O4/c1-3-15(12(17)13(18)19-4-2)14-11(16)10-8-6-5-7-9-10/h5-9H,3-4H2,1-2H3,(H,14,16). The Morgan fingerprint density at radius 1 is 1.16 bits per heavy atom. The van der Waals surface area contributed by atoms with Crippen molar-refractivity contribution < 1.29 is 19.1 Å². The van der Waals surface area contributed by atoms with Crippen molar-refractivity contribution in [2.45, 2.75) is 13.8 Å². The van der Waals surface area contributed by atoms with Crippen LogP contribution < -0.4 is 5.43 Å². The third-order valence-electron chi connectivity index (χ3n) is 2.28. The Kier molecular flexibility index (Phi) is 5.53. The number of amides is 2. The average molecular weight is 264 g/mol. The molecule has 1 aromatic carbocycles. The summed E-state index contributed by atoms with van der Waals surface area (Å²) in [5.74, 6) is -2.34. The van der Waals surface area contributed by atoms with Gasteiger partial charge < -0.3 is 4.74 Å². The Morgan fingerprint density at radius 3 is 2.32 bits per heavy atom. The number of hydrazine groups is 1. The molecule has 1 aromatic rings. The third-order valence-corrected chi connectivity index (χ3v) is 2.28. The summed E-state index contributed by atoms with van der Waals surface area (Å²) in [4.78, 5) is 34.8. The molecule has 1 rings (SSSR count). The topological polar surface area (TPSA) is 75.7 Å². The minimum atomic E-state index is -0.988. The maximum absolute atomic E-state index is 11.8. The second-order valence-electron chi connectivity index (χ2n) is 3.58. The summed E-state index contributed by atoms with van der Waals surface area (Å²) >= 11 is 0. The molecule has 19 heavy (non-hydrogen) atoms. The predicted molar refractivity (Wildman–Crippen MR) is 67.9 cm³/mol. The number of rotatable bonds is 3. The lowest BCUT2D eigenvalue weighted by atomic mass is 10.2. The molecule has 0 aliphatic heterocycles. The van der Waals surface area contributed by atoms with E-state index in [0.717, 1.165) is 5.01 Å². The lowest BCUT2D eigenvalue weighted by Crippen LogP contribution is -2.49. The molecular weight excluding hydrogens is 248 g/mol. The first-order valence-corrected chi connectivity index (χ1v) is 5.94. The number of ether oxygens (including phenoxy) is 1. The average Bonchev–Trinajstić information content (AvgIpc) is 2.45. The molecule has 0 atom stereocenters. The number of likely N-dealkylation sites (N-methyl/N-ethyl adjacent to an activating group) is 1. The first kappa shape index (κ1) is 14.7. The zero-order chi connectivity index (χ0) is 14.3. The second-order valence-corrected chi connectivity index (χ2v) is 3.58. The van der Waals surface area contributed by atoms with E-state index in [4.69, 9.17) is 0 Å². The van der Waals surface area contributed by atoms with E-state index in [0.29, 0.717) is 5.56 Å². The number of hydrogen-bond acceptors (Lipinski definition) is 4. The summed E-state index contributed by atoms with van der Waals surface area (Å²) in [7, 11) is 0. The van der Waals surface area contributed by atoms with Gasteiger partial charge in [0.15, 0.2) is 0 Å². The highest BCUT2D eigenvalue weighted by molar-refractivity contribution is 6.32. The number of esters is 1. The predicted octanol–water partition coefficient (Wildman–Crippen LogP) is 0.743. The van der Waals surface area contributed by atoms with Crippen molar-refractivity contribution >= 4 is 17.8 Å². The van der Waals surface area contributed by atoms with Crippen LogP contribution in [-0.2, 0) is 14.3 Å². The minimum absolute atomic E-state index is 0.106. The van der Waals surface area contributed by atoms with Gasteiger partial charge in [0.05, 0.1) is 6.61 Å². The van der Waals surface area contributed by atoms with Gasteiger partial charge in [-0.1, -0.05) is 18.2 Å². The van der Waals surface area contributed by atoms with E-state index < -0.39 is 17.8 Å². The van der Waals surface area contributed by atoms with Crippen LogP contribution in [0.25, 0.3) is 0 Å². The molecule has 2 amide bonds. The number of benzene rings is 1. The zero-order valence-corrected chi connectivity index (χ0v) is 10.9. The lowest BCUT2D eigenvalue weighted by Gasteiger charge is -2.20. The molecule has 0 saturated carbocycles. The molecule has 0 aromatic heterocycles. The zero-order valence-electron chi connectivity index (χ0n) is 10.9. The summed E-state index contributed by atoms with van der Waals surface area (Å²) in [6.07, 6.45) is 0. The van der Waals surface area contributed by atoms with E-state index in [2.05, 4.69) is 10.2 Å². The fourth-order valence-electron chi connectivity index (χ4n) is 1.35. The molecule has 0 radical (unpaired) electrons. The van der Waals surface area contributed by atoms with Crippen LogP contribution in [-0.4, -0.2) is 35.9 Å². The van der Waals surface area contributed by atoms with Gasteiger partial charge in [-0.2, -0.15) is 0 Å². The summed E-state index contributed by atoms with van der Waals surface area (Å²) in [5.41, 5.74) is 2.77. The largest absolute Gasteiger partial charge is 0.459 e. The molecule has 0 bridgehead atoms. The van der Waals surface area contributed by atoms with Gasteiger partial charge >= 0.3 is 11.9 Å². The fraction of sp³-hybridized carbons (Fsp3) is 0.308. The number of nitrogens with one attached hydrogen (secondary N) is 1. The SMILES string of the molecule is CCOC(=O)C(=O)N(CC)NC(=O)c1ccccc1. The Labute approximate surface area is 111 Å². The van der Waals surface area contributed by atoms with Crippen LogP contribution in [0, 0.1) is 0 Å². The third kappa shape index (κ3) is 4.09. The van der Waals surface area contributed by atoms with Gasteiger partial charge in [-0.3, -0.25) is 15.0 Å². The van der Waals surface area contributed by atoms with Gasteiger partial charge in [-0.15, -0.1) is 0 Å². The van der Waals surface area contributed by atoms with Crippen LogP contribution in [0.3, 0.4) is 0 Å². The minimum Gasteiger partial charge on any atom is -0.459 e. The quantitative estimate of drug-likeness (QED) is 0.496. The monoisotopic (exact) mass is 264 g/mol. The van der Waals surface area contributed by atoms with Gasteiger partial charge in [0, 0.05) is 12.1 Å². The summed E-state index contributed by atoms with van der Waals surface area (Å²) in [6, 6.07) is 8.41. The van der Waals surface area contributed by atoms with Crippen molar-refractivity contribution in [1.82, 2.24) is 10.4 Å². The van der Waals surface area contributed by atoms with Crippen LogP contribution in [0.2, 0.25) is 0 Å². The smallest absolute Gasteiger partial charge is 0.398 e. The number of carbonyl (C=O) groups is 3. The second kappa shape index (κ2) is 7.15. The van der Waals surface area contributed by atoms with Crippen molar-refractivity contribution in [3.8, 4) is 0 Å². The van der Waals surface area contributed by atoms with Crippen molar-refractivity contribution in [2.24, 2.45) is 0 Å². The number of carbonyl (C=O) groups excluding carboxylic acids is 3. The summed E-state index contributed by atoms with van der Waals surface area (Å²) < 4.78 is 4.59. The highest BCUT2D eigenvalue weighted by atomic mass is 16.5. The van der Waals surface area contributed by atoms with Crippen LogP contribution in [0.1, 0.15) is 24.2 Å². The Morgan fingerprint density at radius 2 is 1.79 bits per heavy atom. The Bertz CT molecular complexity index is 459. The first-order valence-electron chi connectivity index (χ1n) is 5.94. The van der Waals surface area contributed by atoms with Crippen LogP contribution in [0.5, 0.6) is 0 Å². The van der Waals surface area contributed by atoms with E-state index in [1.807, 2.05) is 0 Å². The van der Waals surface area contributed by atoms with E-state index in [9.17, 15) is 14.4 Å². The normalized spacial score (nSPS) is 9.58. The van der Waals surface area contributed by atoms with E-state index >= 15 is 0 Å². The van der Waals surface area contributed by atoms with E-state index in [-0.39, 0.29) is 13.2 Å². The molecule has 0 unspecified atom stereocenters. The Balaban J connectivity index is 2.69. The maximum Gasteiger partial charge on any atom is 0.398 e. The highest BCUT2D eigenvalue weighted by Crippen LogP contribution is 1.99. The molecular formula is C13H16N2O4. The molecule has 0 heterocycles. The fourth-order valence-corrected chi connectivity index (χ4v) is 1.35. The van der Waals surface area contributed by atoms with Crippen molar-refractivity contribution in [2.75, 3.05) is 13.2 Å².